The molecule has 18 heavy (non-hydrogen) atoms. The molecule has 1 saturated heterocycles. The van der Waals surface area contributed by atoms with Crippen LogP contribution in [0.5, 0.6) is 0 Å². The number of carbonyl (C=O) groups is 3. The third-order valence-corrected chi connectivity index (χ3v) is 3.41. The Hall–Kier alpha value is -1.15. The van der Waals surface area contributed by atoms with Gasteiger partial charge in [-0.3, -0.25) is 14.4 Å². The smallest absolute Gasteiger partial charge is 0.229 e. The van der Waals surface area contributed by atoms with Gasteiger partial charge in [-0.05, 0) is 13.8 Å². The first-order chi connectivity index (χ1) is 7.99. The lowest BCUT2D eigenvalue weighted by molar-refractivity contribution is -0.295. The first-order valence-corrected chi connectivity index (χ1v) is 5.34. The normalized spacial score (nSPS) is 40.3. The maximum Gasteiger partial charge on any atom is 0.229 e. The van der Waals surface area contributed by atoms with Gasteiger partial charge in [-0.25, -0.2) is 0 Å². The minimum Gasteiger partial charge on any atom is -0.378 e. The molecule has 0 saturated carbocycles. The molecular formula is C11H16O7. The predicted molar refractivity (Wildman–Crippen MR) is 57.5 cm³/mol. The molecule has 0 aromatic carbocycles. The first-order valence-electron chi connectivity index (χ1n) is 5.34. The van der Waals surface area contributed by atoms with E-state index in [0.29, 0.717) is 0 Å². The zero-order valence-corrected chi connectivity index (χ0v) is 10.4. The topological polar surface area (TPSA) is 121 Å². The Kier molecular flexibility index (Phi) is 3.48. The standard InChI is InChI=1S/C11H16O7/c1-6(12)9(15)4-11(17,8(3)14)18-5-10(9,16)7(2)13/h15-17H,4-5H2,1-3H3/t9-,10+,11-/m1/s1. The van der Waals surface area contributed by atoms with Gasteiger partial charge in [-0.1, -0.05) is 0 Å². The molecule has 0 bridgehead atoms. The molecular weight excluding hydrogens is 244 g/mol. The molecule has 1 aliphatic heterocycles. The van der Waals surface area contributed by atoms with E-state index in [4.69, 9.17) is 4.74 Å². The van der Waals surface area contributed by atoms with Crippen LogP contribution in [0.1, 0.15) is 27.2 Å². The quantitative estimate of drug-likeness (QED) is 0.554. The van der Waals surface area contributed by atoms with E-state index in [0.717, 1.165) is 20.8 Å². The van der Waals surface area contributed by atoms with Crippen molar-refractivity contribution in [1.82, 2.24) is 0 Å². The van der Waals surface area contributed by atoms with E-state index >= 15 is 0 Å². The molecule has 7 heteroatoms. The van der Waals surface area contributed by atoms with E-state index in [1.54, 1.807) is 0 Å². The molecule has 0 aromatic heterocycles. The van der Waals surface area contributed by atoms with Gasteiger partial charge >= 0.3 is 0 Å². The van der Waals surface area contributed by atoms with E-state index in [2.05, 4.69) is 0 Å². The number of aliphatic hydroxyl groups is 3. The summed E-state index contributed by atoms with van der Waals surface area (Å²) in [6.07, 6.45) is -0.888. The molecule has 0 radical (unpaired) electrons. The Balaban J connectivity index is 3.30. The van der Waals surface area contributed by atoms with Gasteiger partial charge in [0.15, 0.2) is 28.6 Å². The highest BCUT2D eigenvalue weighted by molar-refractivity contribution is 5.98. The lowest BCUT2D eigenvalue weighted by Crippen LogP contribution is -2.72. The van der Waals surface area contributed by atoms with Crippen LogP contribution in [0.25, 0.3) is 0 Å². The second kappa shape index (κ2) is 4.20. The number of hydrogen-bond donors (Lipinski definition) is 3. The van der Waals surface area contributed by atoms with Crippen LogP contribution in [0.15, 0.2) is 0 Å². The molecule has 0 aliphatic carbocycles. The largest absolute Gasteiger partial charge is 0.378 e. The number of hydrogen-bond acceptors (Lipinski definition) is 7. The Morgan fingerprint density at radius 3 is 1.67 bits per heavy atom. The van der Waals surface area contributed by atoms with Crippen molar-refractivity contribution >= 4 is 17.3 Å². The van der Waals surface area contributed by atoms with Crippen LogP contribution in [-0.2, 0) is 19.1 Å². The number of Topliss-reactive ketones (excluding diaryl/α,β-unsaturated/α-hetero) is 3. The van der Waals surface area contributed by atoms with Crippen molar-refractivity contribution < 1.29 is 34.4 Å². The second-order valence-electron chi connectivity index (χ2n) is 4.64. The van der Waals surface area contributed by atoms with E-state index in [1.165, 1.54) is 0 Å². The minimum absolute atomic E-state index is 0.826. The average Bonchev–Trinajstić information content (AvgIpc) is 2.23. The molecule has 0 spiro atoms. The highest BCUT2D eigenvalue weighted by Gasteiger charge is 2.64. The van der Waals surface area contributed by atoms with Gasteiger partial charge in [-0.15, -0.1) is 0 Å². The van der Waals surface area contributed by atoms with Gasteiger partial charge in [0.2, 0.25) is 5.79 Å². The van der Waals surface area contributed by atoms with Crippen LogP contribution in [-0.4, -0.2) is 56.3 Å². The van der Waals surface area contributed by atoms with E-state index in [9.17, 15) is 29.7 Å². The van der Waals surface area contributed by atoms with E-state index in [1.807, 2.05) is 0 Å². The van der Waals surface area contributed by atoms with Gasteiger partial charge in [0.25, 0.3) is 0 Å². The predicted octanol–water partition coefficient (Wildman–Crippen LogP) is -1.68. The van der Waals surface area contributed by atoms with Crippen molar-refractivity contribution in [2.75, 3.05) is 6.61 Å². The van der Waals surface area contributed by atoms with Crippen molar-refractivity contribution in [3.05, 3.63) is 0 Å². The molecule has 1 aliphatic rings. The van der Waals surface area contributed by atoms with Crippen LogP contribution in [0, 0.1) is 0 Å². The molecule has 0 aromatic rings. The lowest BCUT2D eigenvalue weighted by Gasteiger charge is -2.48. The Labute approximate surface area is 103 Å². The third kappa shape index (κ3) is 1.89. The summed E-state index contributed by atoms with van der Waals surface area (Å²) in [5.74, 6) is -5.02. The van der Waals surface area contributed by atoms with Gasteiger partial charge in [0.1, 0.15) is 0 Å². The van der Waals surface area contributed by atoms with Crippen LogP contribution < -0.4 is 0 Å². The zero-order chi connectivity index (χ0) is 14.4. The molecule has 0 amide bonds. The van der Waals surface area contributed by atoms with Crippen LogP contribution in [0.4, 0.5) is 0 Å². The Morgan fingerprint density at radius 2 is 1.33 bits per heavy atom. The summed E-state index contributed by atoms with van der Waals surface area (Å²) >= 11 is 0. The number of carbonyl (C=O) groups excluding carboxylic acids is 3. The summed E-state index contributed by atoms with van der Waals surface area (Å²) in [5.41, 5.74) is -5.03. The van der Waals surface area contributed by atoms with Crippen molar-refractivity contribution in [1.29, 1.82) is 0 Å². The van der Waals surface area contributed by atoms with Crippen molar-refractivity contribution in [2.24, 2.45) is 0 Å². The molecule has 1 heterocycles. The number of ketones is 3. The summed E-state index contributed by atoms with van der Waals surface area (Å²) in [4.78, 5) is 34.2. The fraction of sp³-hybridized carbons (Fsp3) is 0.727. The maximum atomic E-state index is 11.5. The first kappa shape index (κ1) is 14.9. The summed E-state index contributed by atoms with van der Waals surface area (Å²) in [5, 5.41) is 30.1. The van der Waals surface area contributed by atoms with Crippen LogP contribution in [0.2, 0.25) is 0 Å². The van der Waals surface area contributed by atoms with Crippen molar-refractivity contribution in [2.45, 2.75) is 44.2 Å². The van der Waals surface area contributed by atoms with E-state index in [-0.39, 0.29) is 0 Å². The van der Waals surface area contributed by atoms with Crippen LogP contribution >= 0.6 is 0 Å². The molecule has 3 atom stereocenters. The number of rotatable bonds is 3. The molecule has 1 fully saturated rings. The lowest BCUT2D eigenvalue weighted by atomic mass is 9.71. The SMILES string of the molecule is CC(=O)[C@@]1(O)C[C@@](O)(C(C)=O)[C@@](O)(C(C)=O)CO1. The third-order valence-electron chi connectivity index (χ3n) is 3.41. The molecule has 3 N–H and O–H groups in total. The molecule has 7 nitrogen and oxygen atoms in total. The summed E-state index contributed by atoms with van der Waals surface area (Å²) in [6, 6.07) is 0. The van der Waals surface area contributed by atoms with Crippen LogP contribution in [0.3, 0.4) is 0 Å². The zero-order valence-electron chi connectivity index (χ0n) is 10.4. The summed E-state index contributed by atoms with van der Waals surface area (Å²) < 4.78 is 4.77. The molecule has 102 valence electrons. The Morgan fingerprint density at radius 1 is 0.889 bits per heavy atom. The highest BCUT2D eigenvalue weighted by Crippen LogP contribution is 2.39. The Bertz CT molecular complexity index is 418. The highest BCUT2D eigenvalue weighted by atomic mass is 16.6. The van der Waals surface area contributed by atoms with Gasteiger partial charge in [-0.2, -0.15) is 0 Å². The fourth-order valence-corrected chi connectivity index (χ4v) is 1.92. The molecule has 0 unspecified atom stereocenters. The average molecular weight is 260 g/mol. The minimum atomic E-state index is -2.56. The van der Waals surface area contributed by atoms with Crippen molar-refractivity contribution in [3.63, 3.8) is 0 Å². The molecule has 1 rings (SSSR count). The van der Waals surface area contributed by atoms with Gasteiger partial charge in [0, 0.05) is 13.3 Å². The monoisotopic (exact) mass is 260 g/mol. The van der Waals surface area contributed by atoms with Crippen molar-refractivity contribution in [3.8, 4) is 0 Å². The summed E-state index contributed by atoms with van der Waals surface area (Å²) in [6.45, 7) is 2.11. The second-order valence-corrected chi connectivity index (χ2v) is 4.64. The fourth-order valence-electron chi connectivity index (χ4n) is 1.92. The summed E-state index contributed by atoms with van der Waals surface area (Å²) in [7, 11) is 0. The maximum absolute atomic E-state index is 11.5. The number of ether oxygens (including phenoxy) is 1. The van der Waals surface area contributed by atoms with E-state index < -0.39 is 47.4 Å². The van der Waals surface area contributed by atoms with Gasteiger partial charge in [0.05, 0.1) is 6.61 Å². The van der Waals surface area contributed by atoms with Gasteiger partial charge < -0.3 is 20.1 Å².